The first kappa shape index (κ1) is 17.1. The summed E-state index contributed by atoms with van der Waals surface area (Å²) in [6.07, 6.45) is 1.87. The molecule has 1 atom stereocenters. The number of nitrogens with one attached hydrogen (secondary N) is 1. The standard InChI is InChI=1S/C16H27FN2O/c1-3-10-18-16(9-11-19(4-2)12-13-20)14-7-5-6-8-15(14)17/h5-8,16,18,20H,3-4,9-13H2,1-2H3. The van der Waals surface area contributed by atoms with Gasteiger partial charge in [0.05, 0.1) is 6.61 Å². The lowest BCUT2D eigenvalue weighted by Gasteiger charge is -2.24. The monoisotopic (exact) mass is 282 g/mol. The Balaban J connectivity index is 2.67. The molecule has 1 unspecified atom stereocenters. The van der Waals surface area contributed by atoms with Crippen LogP contribution in [0.3, 0.4) is 0 Å². The van der Waals surface area contributed by atoms with Gasteiger partial charge in [-0.05, 0) is 32.0 Å². The SMILES string of the molecule is CCCNC(CCN(CC)CCO)c1ccccc1F. The van der Waals surface area contributed by atoms with Crippen LogP contribution in [0.15, 0.2) is 24.3 Å². The van der Waals surface area contributed by atoms with E-state index >= 15 is 0 Å². The van der Waals surface area contributed by atoms with E-state index in [1.54, 1.807) is 6.07 Å². The molecule has 1 aromatic rings. The molecule has 0 fully saturated rings. The van der Waals surface area contributed by atoms with Gasteiger partial charge in [-0.2, -0.15) is 0 Å². The van der Waals surface area contributed by atoms with E-state index in [2.05, 4.69) is 24.1 Å². The van der Waals surface area contributed by atoms with Crippen molar-refractivity contribution in [1.82, 2.24) is 10.2 Å². The largest absolute Gasteiger partial charge is 0.395 e. The Morgan fingerprint density at radius 3 is 2.60 bits per heavy atom. The highest BCUT2D eigenvalue weighted by Gasteiger charge is 2.15. The van der Waals surface area contributed by atoms with Crippen molar-refractivity contribution in [2.75, 3.05) is 32.8 Å². The number of aliphatic hydroxyl groups excluding tert-OH is 1. The molecule has 2 N–H and O–H groups in total. The number of aliphatic hydroxyl groups is 1. The molecule has 0 aliphatic heterocycles. The Hall–Kier alpha value is -0.970. The van der Waals surface area contributed by atoms with Crippen LogP contribution in [0.25, 0.3) is 0 Å². The van der Waals surface area contributed by atoms with Crippen molar-refractivity contribution in [2.45, 2.75) is 32.7 Å². The lowest BCUT2D eigenvalue weighted by molar-refractivity contribution is 0.195. The summed E-state index contributed by atoms with van der Waals surface area (Å²) in [5.41, 5.74) is 0.737. The highest BCUT2D eigenvalue weighted by molar-refractivity contribution is 5.21. The maximum atomic E-state index is 13.9. The Kier molecular flexibility index (Phi) is 8.42. The second-order valence-corrected chi connectivity index (χ2v) is 4.97. The fraction of sp³-hybridized carbons (Fsp3) is 0.625. The molecule has 1 aromatic carbocycles. The number of rotatable bonds is 10. The van der Waals surface area contributed by atoms with Crippen LogP contribution in [-0.4, -0.2) is 42.8 Å². The third kappa shape index (κ3) is 5.57. The summed E-state index contributed by atoms with van der Waals surface area (Å²) in [6, 6.07) is 7.00. The summed E-state index contributed by atoms with van der Waals surface area (Å²) in [5, 5.41) is 12.4. The molecular formula is C16H27FN2O. The van der Waals surface area contributed by atoms with Gasteiger partial charge in [-0.3, -0.25) is 0 Å². The predicted octanol–water partition coefficient (Wildman–Crippen LogP) is 2.57. The first-order chi connectivity index (χ1) is 9.72. The van der Waals surface area contributed by atoms with Crippen LogP contribution in [0.1, 0.15) is 38.3 Å². The lowest BCUT2D eigenvalue weighted by Crippen LogP contribution is -2.32. The van der Waals surface area contributed by atoms with Crippen LogP contribution in [0.4, 0.5) is 4.39 Å². The molecule has 4 heteroatoms. The molecule has 0 saturated carbocycles. The Labute approximate surface area is 121 Å². The molecule has 0 bridgehead atoms. The van der Waals surface area contributed by atoms with Crippen molar-refractivity contribution in [3.8, 4) is 0 Å². The molecule has 114 valence electrons. The quantitative estimate of drug-likeness (QED) is 0.692. The molecule has 0 radical (unpaired) electrons. The molecule has 0 aliphatic carbocycles. The Morgan fingerprint density at radius 2 is 2.00 bits per heavy atom. The highest BCUT2D eigenvalue weighted by Crippen LogP contribution is 2.20. The van der Waals surface area contributed by atoms with E-state index in [4.69, 9.17) is 5.11 Å². The number of hydrogen-bond acceptors (Lipinski definition) is 3. The van der Waals surface area contributed by atoms with E-state index < -0.39 is 0 Å². The molecule has 0 aliphatic rings. The van der Waals surface area contributed by atoms with Gasteiger partial charge < -0.3 is 15.3 Å². The summed E-state index contributed by atoms with van der Waals surface area (Å²) >= 11 is 0. The molecule has 3 nitrogen and oxygen atoms in total. The molecule has 0 saturated heterocycles. The van der Waals surface area contributed by atoms with E-state index in [0.717, 1.165) is 38.0 Å². The summed E-state index contributed by atoms with van der Waals surface area (Å²) in [5.74, 6) is -0.147. The van der Waals surface area contributed by atoms with Gasteiger partial charge in [-0.1, -0.05) is 32.0 Å². The minimum atomic E-state index is -0.147. The van der Waals surface area contributed by atoms with Gasteiger partial charge in [-0.15, -0.1) is 0 Å². The molecule has 0 aromatic heterocycles. The van der Waals surface area contributed by atoms with Crippen molar-refractivity contribution in [3.05, 3.63) is 35.6 Å². The third-order valence-corrected chi connectivity index (χ3v) is 3.52. The average Bonchev–Trinajstić information content (AvgIpc) is 2.47. The topological polar surface area (TPSA) is 35.5 Å². The van der Waals surface area contributed by atoms with E-state index in [0.29, 0.717) is 6.54 Å². The molecule has 0 heterocycles. The number of nitrogens with zero attached hydrogens (tertiary/aromatic N) is 1. The predicted molar refractivity (Wildman–Crippen MR) is 81.3 cm³/mol. The maximum Gasteiger partial charge on any atom is 0.127 e. The number of likely N-dealkylation sites (N-methyl/N-ethyl adjacent to an activating group) is 1. The van der Waals surface area contributed by atoms with Gasteiger partial charge in [0.2, 0.25) is 0 Å². The fourth-order valence-electron chi connectivity index (χ4n) is 2.32. The second kappa shape index (κ2) is 9.86. The third-order valence-electron chi connectivity index (χ3n) is 3.52. The van der Waals surface area contributed by atoms with Crippen molar-refractivity contribution < 1.29 is 9.50 Å². The number of halogens is 1. The first-order valence-corrected chi connectivity index (χ1v) is 7.53. The van der Waals surface area contributed by atoms with Crippen LogP contribution in [0.5, 0.6) is 0 Å². The zero-order chi connectivity index (χ0) is 14.8. The number of benzene rings is 1. The summed E-state index contributed by atoms with van der Waals surface area (Å²) in [7, 11) is 0. The van der Waals surface area contributed by atoms with Gasteiger partial charge in [0, 0.05) is 24.7 Å². The zero-order valence-electron chi connectivity index (χ0n) is 12.6. The minimum absolute atomic E-state index is 0.0314. The van der Waals surface area contributed by atoms with Crippen molar-refractivity contribution >= 4 is 0 Å². The summed E-state index contributed by atoms with van der Waals surface area (Å²) in [4.78, 5) is 2.18. The Morgan fingerprint density at radius 1 is 1.25 bits per heavy atom. The molecule has 0 amide bonds. The van der Waals surface area contributed by atoms with Gasteiger partial charge >= 0.3 is 0 Å². The maximum absolute atomic E-state index is 13.9. The van der Waals surface area contributed by atoms with E-state index in [-0.39, 0.29) is 18.5 Å². The Bertz CT molecular complexity index is 373. The second-order valence-electron chi connectivity index (χ2n) is 4.97. The van der Waals surface area contributed by atoms with Crippen molar-refractivity contribution in [1.29, 1.82) is 0 Å². The summed E-state index contributed by atoms with van der Waals surface area (Å²) < 4.78 is 13.9. The van der Waals surface area contributed by atoms with Crippen LogP contribution >= 0.6 is 0 Å². The van der Waals surface area contributed by atoms with Crippen LogP contribution in [-0.2, 0) is 0 Å². The number of hydrogen-bond donors (Lipinski definition) is 2. The van der Waals surface area contributed by atoms with E-state index in [9.17, 15) is 4.39 Å². The zero-order valence-corrected chi connectivity index (χ0v) is 12.6. The minimum Gasteiger partial charge on any atom is -0.395 e. The van der Waals surface area contributed by atoms with E-state index in [1.807, 2.05) is 12.1 Å². The normalized spacial score (nSPS) is 12.8. The smallest absolute Gasteiger partial charge is 0.127 e. The van der Waals surface area contributed by atoms with Crippen molar-refractivity contribution in [3.63, 3.8) is 0 Å². The lowest BCUT2D eigenvalue weighted by atomic mass is 10.0. The van der Waals surface area contributed by atoms with Gasteiger partial charge in [0.25, 0.3) is 0 Å². The molecule has 0 spiro atoms. The van der Waals surface area contributed by atoms with E-state index in [1.165, 1.54) is 6.07 Å². The molecule has 20 heavy (non-hydrogen) atoms. The van der Waals surface area contributed by atoms with Gasteiger partial charge in [0.15, 0.2) is 0 Å². The first-order valence-electron chi connectivity index (χ1n) is 7.53. The van der Waals surface area contributed by atoms with Gasteiger partial charge in [-0.25, -0.2) is 4.39 Å². The molecule has 1 rings (SSSR count). The van der Waals surface area contributed by atoms with Crippen molar-refractivity contribution in [2.24, 2.45) is 0 Å². The van der Waals surface area contributed by atoms with Crippen LogP contribution < -0.4 is 5.32 Å². The van der Waals surface area contributed by atoms with Gasteiger partial charge in [0.1, 0.15) is 5.82 Å². The average molecular weight is 282 g/mol. The molecular weight excluding hydrogens is 255 g/mol. The van der Waals surface area contributed by atoms with Crippen LogP contribution in [0.2, 0.25) is 0 Å². The fourth-order valence-corrected chi connectivity index (χ4v) is 2.32. The highest BCUT2D eigenvalue weighted by atomic mass is 19.1. The summed E-state index contributed by atoms with van der Waals surface area (Å²) in [6.45, 7) is 7.66. The van der Waals surface area contributed by atoms with Crippen LogP contribution in [0, 0.1) is 5.82 Å².